The standard InChI is InChI=1S/C21H18N2O2/c1-14(24)23-11-10-16-8-9-19(13-20(16)23)22-21(25)18-7-6-15-4-2-3-5-17(15)12-18/h2-9,12-13H,10-11H2,1H3,(H,22,25). The molecule has 3 aromatic rings. The lowest BCUT2D eigenvalue weighted by Gasteiger charge is -2.16. The smallest absolute Gasteiger partial charge is 0.255 e. The highest BCUT2D eigenvalue weighted by atomic mass is 16.2. The second-order valence-electron chi connectivity index (χ2n) is 6.28. The fourth-order valence-corrected chi connectivity index (χ4v) is 3.32. The van der Waals surface area contributed by atoms with E-state index in [4.69, 9.17) is 0 Å². The van der Waals surface area contributed by atoms with E-state index in [-0.39, 0.29) is 11.8 Å². The van der Waals surface area contributed by atoms with Gasteiger partial charge in [0.1, 0.15) is 0 Å². The van der Waals surface area contributed by atoms with Crippen LogP contribution in [0.2, 0.25) is 0 Å². The van der Waals surface area contributed by atoms with Gasteiger partial charge in [0, 0.05) is 30.4 Å². The molecule has 2 amide bonds. The molecule has 0 bridgehead atoms. The molecule has 1 aliphatic heterocycles. The second-order valence-corrected chi connectivity index (χ2v) is 6.28. The van der Waals surface area contributed by atoms with Crippen LogP contribution in [0.25, 0.3) is 10.8 Å². The van der Waals surface area contributed by atoms with Crippen LogP contribution in [-0.4, -0.2) is 18.4 Å². The Bertz CT molecular complexity index is 994. The first-order valence-electron chi connectivity index (χ1n) is 8.33. The van der Waals surface area contributed by atoms with Crippen molar-refractivity contribution in [3.63, 3.8) is 0 Å². The van der Waals surface area contributed by atoms with Gasteiger partial charge < -0.3 is 10.2 Å². The van der Waals surface area contributed by atoms with Gasteiger partial charge in [0.25, 0.3) is 5.91 Å². The van der Waals surface area contributed by atoms with Gasteiger partial charge in [0.15, 0.2) is 0 Å². The topological polar surface area (TPSA) is 49.4 Å². The monoisotopic (exact) mass is 330 g/mol. The number of hydrogen-bond acceptors (Lipinski definition) is 2. The molecule has 0 saturated carbocycles. The van der Waals surface area contributed by atoms with Crippen LogP contribution in [0.5, 0.6) is 0 Å². The molecule has 0 unspecified atom stereocenters. The van der Waals surface area contributed by atoms with E-state index in [1.54, 1.807) is 11.8 Å². The average Bonchev–Trinajstić information content (AvgIpc) is 3.04. The fraction of sp³-hybridized carbons (Fsp3) is 0.143. The summed E-state index contributed by atoms with van der Waals surface area (Å²) in [6, 6.07) is 19.4. The van der Waals surface area contributed by atoms with Crippen molar-refractivity contribution in [1.82, 2.24) is 0 Å². The Morgan fingerprint density at radius 2 is 1.76 bits per heavy atom. The average molecular weight is 330 g/mol. The van der Waals surface area contributed by atoms with Gasteiger partial charge in [-0.05, 0) is 47.0 Å². The highest BCUT2D eigenvalue weighted by molar-refractivity contribution is 6.07. The number of carbonyl (C=O) groups excluding carboxylic acids is 2. The van der Waals surface area contributed by atoms with E-state index in [1.807, 2.05) is 60.7 Å². The number of rotatable bonds is 2. The normalized spacial score (nSPS) is 12.9. The molecule has 0 atom stereocenters. The minimum absolute atomic E-state index is 0.0248. The molecule has 124 valence electrons. The zero-order valence-electron chi connectivity index (χ0n) is 14.0. The Morgan fingerprint density at radius 1 is 0.960 bits per heavy atom. The first-order chi connectivity index (χ1) is 12.1. The lowest BCUT2D eigenvalue weighted by atomic mass is 10.1. The minimum atomic E-state index is -0.155. The Morgan fingerprint density at radius 3 is 2.56 bits per heavy atom. The van der Waals surface area contributed by atoms with Crippen molar-refractivity contribution in [3.8, 4) is 0 Å². The van der Waals surface area contributed by atoms with Crippen LogP contribution in [0.4, 0.5) is 11.4 Å². The molecule has 1 aliphatic rings. The van der Waals surface area contributed by atoms with Gasteiger partial charge in [0.05, 0.1) is 0 Å². The summed E-state index contributed by atoms with van der Waals surface area (Å²) in [6.07, 6.45) is 0.855. The number of anilines is 2. The van der Waals surface area contributed by atoms with Crippen molar-refractivity contribution in [2.45, 2.75) is 13.3 Å². The van der Waals surface area contributed by atoms with E-state index in [0.29, 0.717) is 17.8 Å². The summed E-state index contributed by atoms with van der Waals surface area (Å²) < 4.78 is 0. The zero-order chi connectivity index (χ0) is 17.4. The highest BCUT2D eigenvalue weighted by Crippen LogP contribution is 2.31. The number of benzene rings is 3. The largest absolute Gasteiger partial charge is 0.322 e. The molecule has 0 aliphatic carbocycles. The predicted molar refractivity (Wildman–Crippen MR) is 100 cm³/mol. The molecule has 1 N–H and O–H groups in total. The van der Waals surface area contributed by atoms with E-state index in [0.717, 1.165) is 28.4 Å². The third-order valence-electron chi connectivity index (χ3n) is 4.63. The molecule has 0 radical (unpaired) electrons. The van der Waals surface area contributed by atoms with Gasteiger partial charge in [-0.15, -0.1) is 0 Å². The van der Waals surface area contributed by atoms with Crippen LogP contribution in [0.1, 0.15) is 22.8 Å². The predicted octanol–water partition coefficient (Wildman–Crippen LogP) is 4.00. The van der Waals surface area contributed by atoms with Gasteiger partial charge in [0.2, 0.25) is 5.91 Å². The molecule has 0 spiro atoms. The fourth-order valence-electron chi connectivity index (χ4n) is 3.32. The van der Waals surface area contributed by atoms with E-state index in [2.05, 4.69) is 5.32 Å². The molecule has 4 rings (SSSR count). The van der Waals surface area contributed by atoms with Crippen LogP contribution in [0.3, 0.4) is 0 Å². The van der Waals surface area contributed by atoms with Crippen molar-refractivity contribution in [3.05, 3.63) is 71.8 Å². The number of nitrogens with zero attached hydrogens (tertiary/aromatic N) is 1. The third-order valence-corrected chi connectivity index (χ3v) is 4.63. The maximum absolute atomic E-state index is 12.6. The summed E-state index contributed by atoms with van der Waals surface area (Å²) >= 11 is 0. The summed E-state index contributed by atoms with van der Waals surface area (Å²) in [5, 5.41) is 5.07. The minimum Gasteiger partial charge on any atom is -0.322 e. The third kappa shape index (κ3) is 2.87. The first-order valence-corrected chi connectivity index (χ1v) is 8.33. The Hall–Kier alpha value is -3.14. The van der Waals surface area contributed by atoms with Crippen LogP contribution in [0.15, 0.2) is 60.7 Å². The van der Waals surface area contributed by atoms with Crippen molar-refractivity contribution in [2.75, 3.05) is 16.8 Å². The number of carbonyl (C=O) groups is 2. The molecule has 4 nitrogen and oxygen atoms in total. The molecule has 0 aromatic heterocycles. The van der Waals surface area contributed by atoms with Crippen LogP contribution in [-0.2, 0) is 11.2 Å². The molecule has 4 heteroatoms. The van der Waals surface area contributed by atoms with Gasteiger partial charge >= 0.3 is 0 Å². The molecule has 3 aromatic carbocycles. The van der Waals surface area contributed by atoms with Crippen LogP contribution >= 0.6 is 0 Å². The molecular weight excluding hydrogens is 312 g/mol. The molecule has 1 heterocycles. The van der Waals surface area contributed by atoms with Gasteiger partial charge in [-0.2, -0.15) is 0 Å². The van der Waals surface area contributed by atoms with Crippen molar-refractivity contribution in [1.29, 1.82) is 0 Å². The molecule has 0 fully saturated rings. The summed E-state index contributed by atoms with van der Waals surface area (Å²) in [4.78, 5) is 26.1. The van der Waals surface area contributed by atoms with E-state index >= 15 is 0 Å². The van der Waals surface area contributed by atoms with Crippen molar-refractivity contribution in [2.24, 2.45) is 0 Å². The summed E-state index contributed by atoms with van der Waals surface area (Å²) in [5.74, 6) is -0.130. The van der Waals surface area contributed by atoms with Gasteiger partial charge in [-0.1, -0.05) is 36.4 Å². The van der Waals surface area contributed by atoms with Gasteiger partial charge in [-0.25, -0.2) is 0 Å². The molecule has 0 saturated heterocycles. The SMILES string of the molecule is CC(=O)N1CCc2ccc(NC(=O)c3ccc4ccccc4c3)cc21. The summed E-state index contributed by atoms with van der Waals surface area (Å²) in [5.41, 5.74) is 3.34. The molecule has 25 heavy (non-hydrogen) atoms. The van der Waals surface area contributed by atoms with Crippen molar-refractivity contribution >= 4 is 34.0 Å². The lowest BCUT2D eigenvalue weighted by Crippen LogP contribution is -2.25. The number of fused-ring (bicyclic) bond motifs is 2. The lowest BCUT2D eigenvalue weighted by molar-refractivity contribution is -0.116. The maximum Gasteiger partial charge on any atom is 0.255 e. The van der Waals surface area contributed by atoms with Crippen LogP contribution < -0.4 is 10.2 Å². The van der Waals surface area contributed by atoms with E-state index in [1.165, 1.54) is 0 Å². The van der Waals surface area contributed by atoms with Gasteiger partial charge in [-0.3, -0.25) is 9.59 Å². The quantitative estimate of drug-likeness (QED) is 0.772. The number of hydrogen-bond donors (Lipinski definition) is 1. The van der Waals surface area contributed by atoms with Crippen LogP contribution in [0, 0.1) is 0 Å². The second kappa shape index (κ2) is 6.06. The Balaban J connectivity index is 1.60. The van der Waals surface area contributed by atoms with E-state index in [9.17, 15) is 9.59 Å². The molecular formula is C21H18N2O2. The Kier molecular flexibility index (Phi) is 3.73. The summed E-state index contributed by atoms with van der Waals surface area (Å²) in [7, 11) is 0. The Labute approximate surface area is 146 Å². The van der Waals surface area contributed by atoms with Crippen molar-refractivity contribution < 1.29 is 9.59 Å². The zero-order valence-corrected chi connectivity index (χ0v) is 14.0. The highest BCUT2D eigenvalue weighted by Gasteiger charge is 2.22. The maximum atomic E-state index is 12.6. The number of amides is 2. The van der Waals surface area contributed by atoms with E-state index < -0.39 is 0 Å². The number of nitrogens with one attached hydrogen (secondary N) is 1. The summed E-state index contributed by atoms with van der Waals surface area (Å²) in [6.45, 7) is 2.27. The first kappa shape index (κ1) is 15.4.